The van der Waals surface area contributed by atoms with Crippen LogP contribution in [0.4, 0.5) is 17.1 Å². The summed E-state index contributed by atoms with van der Waals surface area (Å²) in [5.74, 6) is -2.77. The van der Waals surface area contributed by atoms with Crippen LogP contribution in [0, 0.1) is 6.92 Å². The number of benzene rings is 2. The maximum absolute atomic E-state index is 14.0. The van der Waals surface area contributed by atoms with Gasteiger partial charge in [-0.1, -0.05) is 29.8 Å². The number of nitrogens with zero attached hydrogens (tertiary/aromatic N) is 3. The van der Waals surface area contributed by atoms with Crippen molar-refractivity contribution in [3.63, 3.8) is 0 Å². The van der Waals surface area contributed by atoms with Crippen molar-refractivity contribution in [1.82, 2.24) is 9.69 Å². The maximum Gasteiger partial charge on any atom is 0.325 e. The molecule has 5 N–H and O–H groups in total. The largest absolute Gasteiger partial charge is 0.465 e. The minimum atomic E-state index is -1.21. The van der Waals surface area contributed by atoms with E-state index in [9.17, 15) is 19.2 Å². The Bertz CT molecular complexity index is 1320. The van der Waals surface area contributed by atoms with Crippen LogP contribution < -0.4 is 26.6 Å². The van der Waals surface area contributed by atoms with Gasteiger partial charge in [0.25, 0.3) is 11.8 Å². The van der Waals surface area contributed by atoms with Gasteiger partial charge in [-0.2, -0.15) is 4.37 Å². The number of anilines is 3. The predicted molar refractivity (Wildman–Crippen MR) is 146 cm³/mol. The molecule has 0 radical (unpaired) electrons. The third-order valence-corrected chi connectivity index (χ3v) is 6.48. The van der Waals surface area contributed by atoms with Crippen molar-refractivity contribution in [3.05, 3.63) is 70.2 Å². The van der Waals surface area contributed by atoms with Crippen molar-refractivity contribution >= 4 is 52.3 Å². The van der Waals surface area contributed by atoms with Gasteiger partial charge in [-0.25, -0.2) is 0 Å². The Morgan fingerprint density at radius 3 is 2.16 bits per heavy atom. The lowest BCUT2D eigenvalue weighted by Gasteiger charge is -2.31. The van der Waals surface area contributed by atoms with E-state index in [4.69, 9.17) is 16.2 Å². The quantitative estimate of drug-likeness (QED) is 0.331. The summed E-state index contributed by atoms with van der Waals surface area (Å²) in [5, 5.41) is 2.57. The first-order chi connectivity index (χ1) is 18.0. The van der Waals surface area contributed by atoms with Crippen LogP contribution in [-0.2, 0) is 14.3 Å². The summed E-state index contributed by atoms with van der Waals surface area (Å²) < 4.78 is 8.87. The molecule has 0 aliphatic rings. The maximum atomic E-state index is 14.0. The Morgan fingerprint density at radius 2 is 1.63 bits per heavy atom. The van der Waals surface area contributed by atoms with Crippen molar-refractivity contribution in [1.29, 1.82) is 0 Å². The summed E-state index contributed by atoms with van der Waals surface area (Å²) in [4.78, 5) is 54.5. The number of nitrogens with one attached hydrogen (secondary N) is 1. The van der Waals surface area contributed by atoms with E-state index < -0.39 is 29.7 Å². The van der Waals surface area contributed by atoms with Crippen LogP contribution in [0.1, 0.15) is 44.3 Å². The Labute approximate surface area is 224 Å². The lowest BCUT2D eigenvalue weighted by Crippen LogP contribution is -2.45. The number of aryl methyl sites for hydroxylation is 1. The Kier molecular flexibility index (Phi) is 9.02. The topological polar surface area (TPSA) is 161 Å². The normalized spacial score (nSPS) is 11.4. The zero-order valence-corrected chi connectivity index (χ0v) is 22.4. The van der Waals surface area contributed by atoms with Crippen LogP contribution in [-0.4, -0.2) is 55.3 Å². The highest BCUT2D eigenvalue weighted by atomic mass is 32.1. The van der Waals surface area contributed by atoms with E-state index in [1.807, 2.05) is 38.1 Å². The number of esters is 1. The average molecular weight is 539 g/mol. The summed E-state index contributed by atoms with van der Waals surface area (Å²) in [5.41, 5.74) is 13.7. The molecule has 0 fully saturated rings. The van der Waals surface area contributed by atoms with E-state index in [0.29, 0.717) is 22.8 Å². The molecule has 3 amide bonds. The van der Waals surface area contributed by atoms with Gasteiger partial charge in [0.05, 0.1) is 12.3 Å². The van der Waals surface area contributed by atoms with Gasteiger partial charge < -0.3 is 26.4 Å². The molecule has 0 unspecified atom stereocenters. The molecule has 0 saturated heterocycles. The van der Waals surface area contributed by atoms with Gasteiger partial charge >= 0.3 is 5.97 Å². The number of primary amides is 1. The number of hydrogen-bond donors (Lipinski definition) is 3. The average Bonchev–Trinajstić information content (AvgIpc) is 3.28. The molecule has 1 aromatic heterocycles. The lowest BCUT2D eigenvalue weighted by atomic mass is 10.0. The minimum absolute atomic E-state index is 0.0486. The second-order valence-corrected chi connectivity index (χ2v) is 9.33. The van der Waals surface area contributed by atoms with Gasteiger partial charge in [-0.15, -0.1) is 0 Å². The summed E-state index contributed by atoms with van der Waals surface area (Å²) >= 11 is 0.715. The zero-order chi connectivity index (χ0) is 28.0. The molecule has 0 aliphatic heterocycles. The fourth-order valence-electron chi connectivity index (χ4n) is 3.67. The minimum Gasteiger partial charge on any atom is -0.465 e. The van der Waals surface area contributed by atoms with Gasteiger partial charge in [-0.05, 0) is 55.2 Å². The molecular formula is C26H30N6O5S. The smallest absolute Gasteiger partial charge is 0.325 e. The number of rotatable bonds is 10. The molecule has 0 spiro atoms. The van der Waals surface area contributed by atoms with Crippen LogP contribution in [0.5, 0.6) is 0 Å². The lowest BCUT2D eigenvalue weighted by molar-refractivity contribution is -0.143. The molecule has 1 heterocycles. The number of ether oxygens (including phenoxy) is 1. The zero-order valence-electron chi connectivity index (χ0n) is 21.6. The van der Waals surface area contributed by atoms with Crippen LogP contribution >= 0.6 is 11.5 Å². The number of nitrogen functional groups attached to an aromatic ring is 1. The highest BCUT2D eigenvalue weighted by Crippen LogP contribution is 2.33. The Hall–Kier alpha value is -4.45. The second kappa shape index (κ2) is 12.2. The molecule has 200 valence electrons. The van der Waals surface area contributed by atoms with Gasteiger partial charge in [0.1, 0.15) is 17.5 Å². The third kappa shape index (κ3) is 6.27. The Morgan fingerprint density at radius 1 is 1.03 bits per heavy atom. The molecule has 11 nitrogen and oxygen atoms in total. The van der Waals surface area contributed by atoms with Crippen molar-refractivity contribution < 1.29 is 23.9 Å². The molecule has 0 bridgehead atoms. The third-order valence-electron chi connectivity index (χ3n) is 5.63. The van der Waals surface area contributed by atoms with Crippen molar-refractivity contribution in [2.75, 3.05) is 42.8 Å². The number of amides is 3. The standard InChI is InChI=1S/C26H30N6O5S/c1-5-37-19(33)14-29-25(35)22(16-8-12-17(13-9-16)31(3)4)32(18-10-6-15(2)7-11-18)26(36)23-20(27)21(24(28)34)30-38-23/h6-13,22H,5,14,27H2,1-4H3,(H2,28,34)(H,29,35)/t22-/m1/s1. The molecule has 12 heteroatoms. The molecular weight excluding hydrogens is 508 g/mol. The summed E-state index contributed by atoms with van der Waals surface area (Å²) in [7, 11) is 3.76. The van der Waals surface area contributed by atoms with Crippen LogP contribution in [0.2, 0.25) is 0 Å². The first-order valence-corrected chi connectivity index (χ1v) is 12.5. The van der Waals surface area contributed by atoms with Crippen LogP contribution in [0.15, 0.2) is 48.5 Å². The van der Waals surface area contributed by atoms with E-state index >= 15 is 0 Å². The number of nitrogens with two attached hydrogens (primary N) is 2. The van der Waals surface area contributed by atoms with Gasteiger partial charge in [0.15, 0.2) is 5.69 Å². The molecule has 2 aromatic carbocycles. The monoisotopic (exact) mass is 538 g/mol. The fourth-order valence-corrected chi connectivity index (χ4v) is 4.41. The van der Waals surface area contributed by atoms with Gasteiger partial charge in [0, 0.05) is 25.5 Å². The molecule has 3 aromatic rings. The van der Waals surface area contributed by atoms with Crippen molar-refractivity contribution in [3.8, 4) is 0 Å². The molecule has 3 rings (SSSR count). The first kappa shape index (κ1) is 28.1. The highest BCUT2D eigenvalue weighted by molar-refractivity contribution is 7.09. The molecule has 38 heavy (non-hydrogen) atoms. The van der Waals surface area contributed by atoms with Crippen LogP contribution in [0.25, 0.3) is 0 Å². The van der Waals surface area contributed by atoms with E-state index in [-0.39, 0.29) is 29.4 Å². The molecule has 0 aliphatic carbocycles. The fraction of sp³-hybridized carbons (Fsp3) is 0.269. The van der Waals surface area contributed by atoms with E-state index in [1.54, 1.807) is 43.3 Å². The number of carbonyl (C=O) groups is 4. The summed E-state index contributed by atoms with van der Waals surface area (Å²) in [6.45, 7) is 3.32. The number of aromatic nitrogens is 1. The van der Waals surface area contributed by atoms with Gasteiger partial charge in [0.2, 0.25) is 5.91 Å². The SMILES string of the molecule is CCOC(=O)CNC(=O)[C@@H](c1ccc(N(C)C)cc1)N(C(=O)c1snc(C(N)=O)c1N)c1ccc(C)cc1. The van der Waals surface area contributed by atoms with E-state index in [2.05, 4.69) is 9.69 Å². The first-order valence-electron chi connectivity index (χ1n) is 11.7. The second-order valence-electron chi connectivity index (χ2n) is 8.56. The predicted octanol–water partition coefficient (Wildman–Crippen LogP) is 2.27. The number of carbonyl (C=O) groups excluding carboxylic acids is 4. The van der Waals surface area contributed by atoms with Crippen molar-refractivity contribution in [2.24, 2.45) is 5.73 Å². The summed E-state index contributed by atoms with van der Waals surface area (Å²) in [6.07, 6.45) is 0. The molecule has 1 atom stereocenters. The van der Waals surface area contributed by atoms with Gasteiger partial charge in [-0.3, -0.25) is 24.1 Å². The summed E-state index contributed by atoms with van der Waals surface area (Å²) in [6, 6.07) is 12.8. The van der Waals surface area contributed by atoms with E-state index in [1.165, 1.54) is 4.90 Å². The highest BCUT2D eigenvalue weighted by Gasteiger charge is 2.36. The number of hydrogen-bond acceptors (Lipinski definition) is 9. The van der Waals surface area contributed by atoms with E-state index in [0.717, 1.165) is 11.3 Å². The molecule has 0 saturated carbocycles. The van der Waals surface area contributed by atoms with Crippen LogP contribution in [0.3, 0.4) is 0 Å². The Balaban J connectivity index is 2.16. The van der Waals surface area contributed by atoms with Crippen molar-refractivity contribution in [2.45, 2.75) is 19.9 Å².